The molecule has 0 aliphatic rings. The quantitative estimate of drug-likeness (QED) is 0.739. The number of aliphatic carboxylic acids is 1. The maximum atomic E-state index is 10.6. The molecular weight excluding hydrogens is 208 g/mol. The normalized spacial score (nSPS) is 12.2. The number of hydrogen-bond acceptors (Lipinski definition) is 5. The Hall–Kier alpha value is -1.69. The monoisotopic (exact) mass is 224 g/mol. The first-order valence-electron chi connectivity index (χ1n) is 4.95. The molecule has 6 nitrogen and oxygen atoms in total. The van der Waals surface area contributed by atoms with E-state index in [1.54, 1.807) is 24.2 Å². The van der Waals surface area contributed by atoms with Gasteiger partial charge in [-0.05, 0) is 6.92 Å². The van der Waals surface area contributed by atoms with Crippen LogP contribution in [0.2, 0.25) is 0 Å². The van der Waals surface area contributed by atoms with Crippen molar-refractivity contribution in [2.75, 3.05) is 19.0 Å². The number of carbonyl (C=O) groups is 1. The van der Waals surface area contributed by atoms with E-state index in [9.17, 15) is 4.79 Å². The largest absolute Gasteiger partial charge is 0.480 e. The summed E-state index contributed by atoms with van der Waals surface area (Å²) in [5.41, 5.74) is 0.860. The first-order chi connectivity index (χ1) is 7.50. The van der Waals surface area contributed by atoms with Crippen LogP contribution in [0.3, 0.4) is 0 Å². The van der Waals surface area contributed by atoms with Crippen molar-refractivity contribution in [3.63, 3.8) is 0 Å². The molecule has 0 fully saturated rings. The molecule has 16 heavy (non-hydrogen) atoms. The highest BCUT2D eigenvalue weighted by atomic mass is 16.4. The molecule has 1 rings (SSSR count). The topological polar surface area (TPSA) is 78.4 Å². The molecule has 0 unspecified atom stereocenters. The van der Waals surface area contributed by atoms with Crippen LogP contribution >= 0.6 is 0 Å². The van der Waals surface area contributed by atoms with E-state index in [2.05, 4.69) is 15.3 Å². The Morgan fingerprint density at radius 3 is 2.50 bits per heavy atom. The molecule has 0 saturated carbocycles. The molecule has 6 heteroatoms. The molecule has 1 aromatic heterocycles. The molecule has 1 heterocycles. The Balaban J connectivity index is 2.52. The molecule has 88 valence electrons. The lowest BCUT2D eigenvalue weighted by molar-refractivity contribution is -0.139. The van der Waals surface area contributed by atoms with Gasteiger partial charge in [0.2, 0.25) is 5.95 Å². The summed E-state index contributed by atoms with van der Waals surface area (Å²) in [6.07, 6.45) is 3.37. The lowest BCUT2D eigenvalue weighted by Gasteiger charge is -2.11. The average Bonchev–Trinajstić information content (AvgIpc) is 2.26. The molecule has 1 aromatic rings. The van der Waals surface area contributed by atoms with E-state index in [-0.39, 0.29) is 0 Å². The minimum Gasteiger partial charge on any atom is -0.480 e. The summed E-state index contributed by atoms with van der Waals surface area (Å²) in [5, 5.41) is 11.5. The standard InChI is InChI=1S/C10H16N4O2/c1-7(9(15)16)11-4-8-5-12-10(13-6-8)14(2)3/h5-7,11H,4H2,1-3H3,(H,15,16)/t7-/m1/s1. The fourth-order valence-electron chi connectivity index (χ4n) is 1.03. The van der Waals surface area contributed by atoms with E-state index in [1.807, 2.05) is 14.1 Å². The number of nitrogens with one attached hydrogen (secondary N) is 1. The van der Waals surface area contributed by atoms with E-state index in [0.29, 0.717) is 12.5 Å². The second kappa shape index (κ2) is 5.41. The molecule has 0 aliphatic carbocycles. The minimum absolute atomic E-state index is 0.446. The van der Waals surface area contributed by atoms with E-state index in [4.69, 9.17) is 5.11 Å². The second-order valence-electron chi connectivity index (χ2n) is 3.73. The van der Waals surface area contributed by atoms with Gasteiger partial charge in [-0.15, -0.1) is 0 Å². The van der Waals surface area contributed by atoms with Gasteiger partial charge in [0.1, 0.15) is 6.04 Å². The predicted molar refractivity (Wildman–Crippen MR) is 60.3 cm³/mol. The van der Waals surface area contributed by atoms with Crippen LogP contribution in [0.5, 0.6) is 0 Å². The summed E-state index contributed by atoms with van der Waals surface area (Å²) in [6.45, 7) is 2.04. The summed E-state index contributed by atoms with van der Waals surface area (Å²) in [5.74, 6) is -0.235. The molecule has 1 atom stereocenters. The van der Waals surface area contributed by atoms with Gasteiger partial charge in [0, 0.05) is 38.6 Å². The zero-order valence-electron chi connectivity index (χ0n) is 9.64. The third kappa shape index (κ3) is 3.47. The van der Waals surface area contributed by atoms with Gasteiger partial charge in [-0.25, -0.2) is 9.97 Å². The highest BCUT2D eigenvalue weighted by Crippen LogP contribution is 2.02. The molecule has 0 spiro atoms. The smallest absolute Gasteiger partial charge is 0.320 e. The first-order valence-corrected chi connectivity index (χ1v) is 4.95. The minimum atomic E-state index is -0.870. The van der Waals surface area contributed by atoms with E-state index < -0.39 is 12.0 Å². The van der Waals surface area contributed by atoms with Crippen molar-refractivity contribution in [1.29, 1.82) is 0 Å². The summed E-state index contributed by atoms with van der Waals surface area (Å²) < 4.78 is 0. The summed E-state index contributed by atoms with van der Waals surface area (Å²) in [4.78, 5) is 20.6. The fourth-order valence-corrected chi connectivity index (χ4v) is 1.03. The van der Waals surface area contributed by atoms with Crippen LogP contribution in [0, 0.1) is 0 Å². The number of nitrogens with zero attached hydrogens (tertiary/aromatic N) is 3. The van der Waals surface area contributed by atoms with Gasteiger partial charge in [-0.1, -0.05) is 0 Å². The van der Waals surface area contributed by atoms with Crippen LogP contribution in [0.25, 0.3) is 0 Å². The summed E-state index contributed by atoms with van der Waals surface area (Å²) in [7, 11) is 3.72. The van der Waals surface area contributed by atoms with Crippen LogP contribution in [0.1, 0.15) is 12.5 Å². The number of carboxylic acid groups (broad SMARTS) is 1. The third-order valence-electron chi connectivity index (χ3n) is 2.07. The van der Waals surface area contributed by atoms with Crippen LogP contribution in [-0.2, 0) is 11.3 Å². The van der Waals surface area contributed by atoms with Crippen molar-refractivity contribution in [3.8, 4) is 0 Å². The molecule has 0 bridgehead atoms. The maximum Gasteiger partial charge on any atom is 0.320 e. The van der Waals surface area contributed by atoms with E-state index in [0.717, 1.165) is 5.56 Å². The van der Waals surface area contributed by atoms with Gasteiger partial charge in [0.25, 0.3) is 0 Å². The van der Waals surface area contributed by atoms with Crippen molar-refractivity contribution in [1.82, 2.24) is 15.3 Å². The van der Waals surface area contributed by atoms with Gasteiger partial charge >= 0.3 is 5.97 Å². The highest BCUT2D eigenvalue weighted by molar-refractivity contribution is 5.72. The number of hydrogen-bond donors (Lipinski definition) is 2. The van der Waals surface area contributed by atoms with Crippen LogP contribution in [0.15, 0.2) is 12.4 Å². The van der Waals surface area contributed by atoms with Crippen LogP contribution in [0.4, 0.5) is 5.95 Å². The fraction of sp³-hybridized carbons (Fsp3) is 0.500. The zero-order valence-corrected chi connectivity index (χ0v) is 9.64. The van der Waals surface area contributed by atoms with E-state index >= 15 is 0 Å². The van der Waals surface area contributed by atoms with Crippen molar-refractivity contribution < 1.29 is 9.90 Å². The molecule has 0 amide bonds. The molecular formula is C10H16N4O2. The van der Waals surface area contributed by atoms with Crippen molar-refractivity contribution in [3.05, 3.63) is 18.0 Å². The molecule has 0 radical (unpaired) electrons. The van der Waals surface area contributed by atoms with Gasteiger partial charge in [0.05, 0.1) is 0 Å². The van der Waals surface area contributed by atoms with E-state index in [1.165, 1.54) is 0 Å². The lowest BCUT2D eigenvalue weighted by Crippen LogP contribution is -2.33. The molecule has 2 N–H and O–H groups in total. The maximum absolute atomic E-state index is 10.6. The second-order valence-corrected chi connectivity index (χ2v) is 3.73. The Morgan fingerprint density at radius 2 is 2.06 bits per heavy atom. The Bertz CT molecular complexity index is 350. The lowest BCUT2D eigenvalue weighted by atomic mass is 10.3. The number of aromatic nitrogens is 2. The Labute approximate surface area is 94.3 Å². The Kier molecular flexibility index (Phi) is 4.19. The van der Waals surface area contributed by atoms with Gasteiger partial charge < -0.3 is 15.3 Å². The van der Waals surface area contributed by atoms with Crippen LogP contribution < -0.4 is 10.2 Å². The predicted octanol–water partition coefficient (Wildman–Crippen LogP) is 0.105. The van der Waals surface area contributed by atoms with Crippen molar-refractivity contribution >= 4 is 11.9 Å². The van der Waals surface area contributed by atoms with Crippen LogP contribution in [-0.4, -0.2) is 41.2 Å². The highest BCUT2D eigenvalue weighted by Gasteiger charge is 2.09. The average molecular weight is 224 g/mol. The number of anilines is 1. The first kappa shape index (κ1) is 12.4. The molecule has 0 aromatic carbocycles. The molecule has 0 saturated heterocycles. The zero-order chi connectivity index (χ0) is 12.1. The number of rotatable bonds is 5. The Morgan fingerprint density at radius 1 is 1.50 bits per heavy atom. The van der Waals surface area contributed by atoms with Crippen molar-refractivity contribution in [2.24, 2.45) is 0 Å². The number of carboxylic acids is 1. The van der Waals surface area contributed by atoms with Crippen molar-refractivity contribution in [2.45, 2.75) is 19.5 Å². The van der Waals surface area contributed by atoms with Gasteiger partial charge in [0.15, 0.2) is 0 Å². The van der Waals surface area contributed by atoms with Gasteiger partial charge in [-0.2, -0.15) is 0 Å². The SMILES string of the molecule is C[C@@H](NCc1cnc(N(C)C)nc1)C(=O)O. The van der Waals surface area contributed by atoms with Gasteiger partial charge in [-0.3, -0.25) is 4.79 Å². The summed E-state index contributed by atoms with van der Waals surface area (Å²) >= 11 is 0. The third-order valence-corrected chi connectivity index (χ3v) is 2.07. The molecule has 0 aliphatic heterocycles. The summed E-state index contributed by atoms with van der Waals surface area (Å²) in [6, 6.07) is -0.575.